The second-order valence-electron chi connectivity index (χ2n) is 3.59. The fourth-order valence-electron chi connectivity index (χ4n) is 1.51. The van der Waals surface area contributed by atoms with Crippen molar-refractivity contribution < 1.29 is 4.74 Å². The first-order chi connectivity index (χ1) is 8.81. The number of rotatable bonds is 6. The minimum absolute atomic E-state index is 0.410. The topological polar surface area (TPSA) is 102 Å². The zero-order chi connectivity index (χ0) is 12.8. The Morgan fingerprint density at radius 2 is 2.28 bits per heavy atom. The van der Waals surface area contributed by atoms with E-state index in [4.69, 9.17) is 10.5 Å². The van der Waals surface area contributed by atoms with Gasteiger partial charge in [-0.3, -0.25) is 0 Å². The number of H-pyrrole nitrogens is 1. The lowest BCUT2D eigenvalue weighted by atomic mass is 10.4. The number of hydrogen-bond donors (Lipinski definition) is 3. The summed E-state index contributed by atoms with van der Waals surface area (Å²) in [6.07, 6.45) is 5.71. The molecule has 7 nitrogen and oxygen atoms in total. The lowest BCUT2D eigenvalue weighted by Crippen LogP contribution is -2.11. The molecule has 2 aromatic rings. The highest BCUT2D eigenvalue weighted by atomic mass is 16.5. The summed E-state index contributed by atoms with van der Waals surface area (Å²) in [5.74, 6) is 1.91. The lowest BCUT2D eigenvalue weighted by molar-refractivity contribution is 0.328. The van der Waals surface area contributed by atoms with Crippen LogP contribution in [0.2, 0.25) is 0 Å². The van der Waals surface area contributed by atoms with Gasteiger partial charge in [-0.25, -0.2) is 9.97 Å². The summed E-state index contributed by atoms with van der Waals surface area (Å²) in [6, 6.07) is 0. The molecule has 0 saturated heterocycles. The van der Waals surface area contributed by atoms with E-state index < -0.39 is 0 Å². The first-order valence-corrected chi connectivity index (χ1v) is 5.76. The first kappa shape index (κ1) is 12.2. The summed E-state index contributed by atoms with van der Waals surface area (Å²) >= 11 is 0. The van der Waals surface area contributed by atoms with Crippen LogP contribution in [0.5, 0.6) is 5.88 Å². The third-order valence-electron chi connectivity index (χ3n) is 2.34. The van der Waals surface area contributed by atoms with Crippen LogP contribution in [-0.2, 0) is 6.42 Å². The van der Waals surface area contributed by atoms with Crippen LogP contribution in [-0.4, -0.2) is 33.1 Å². The Hall–Kier alpha value is -2.31. The summed E-state index contributed by atoms with van der Waals surface area (Å²) in [5, 5.41) is 3.13. The van der Waals surface area contributed by atoms with Crippen molar-refractivity contribution in [1.29, 1.82) is 0 Å². The summed E-state index contributed by atoms with van der Waals surface area (Å²) in [6.45, 7) is 3.08. The molecule has 2 aromatic heterocycles. The number of anilines is 2. The minimum Gasteiger partial charge on any atom is -0.476 e. The number of aromatic amines is 1. The second kappa shape index (κ2) is 5.85. The number of aromatic nitrogens is 4. The van der Waals surface area contributed by atoms with Crippen molar-refractivity contribution in [2.24, 2.45) is 0 Å². The molecule has 4 N–H and O–H groups in total. The normalized spacial score (nSPS) is 10.3. The average molecular weight is 248 g/mol. The second-order valence-corrected chi connectivity index (χ2v) is 3.59. The fraction of sp³-hybridized carbons (Fsp3) is 0.364. The smallest absolute Gasteiger partial charge is 0.242 e. The molecule has 0 radical (unpaired) electrons. The zero-order valence-corrected chi connectivity index (χ0v) is 10.2. The van der Waals surface area contributed by atoms with Crippen molar-refractivity contribution in [3.63, 3.8) is 0 Å². The van der Waals surface area contributed by atoms with Crippen LogP contribution in [0.1, 0.15) is 12.7 Å². The molecule has 2 heterocycles. The molecular weight excluding hydrogens is 232 g/mol. The van der Waals surface area contributed by atoms with Crippen LogP contribution < -0.4 is 15.8 Å². The molecule has 0 atom stereocenters. The van der Waals surface area contributed by atoms with Crippen molar-refractivity contribution in [2.45, 2.75) is 13.3 Å². The zero-order valence-electron chi connectivity index (χ0n) is 10.2. The molecule has 0 spiro atoms. The molecule has 0 unspecified atom stereocenters. The van der Waals surface area contributed by atoms with Crippen molar-refractivity contribution in [3.05, 3.63) is 24.5 Å². The van der Waals surface area contributed by atoms with Gasteiger partial charge in [0.25, 0.3) is 0 Å². The molecule has 0 fully saturated rings. The Morgan fingerprint density at radius 3 is 3.00 bits per heavy atom. The Bertz CT molecular complexity index is 484. The van der Waals surface area contributed by atoms with Gasteiger partial charge in [-0.15, -0.1) is 0 Å². The van der Waals surface area contributed by atoms with Gasteiger partial charge in [0.05, 0.1) is 6.61 Å². The lowest BCUT2D eigenvalue weighted by Gasteiger charge is -2.10. The number of hydrogen-bond acceptors (Lipinski definition) is 6. The van der Waals surface area contributed by atoms with Gasteiger partial charge >= 0.3 is 0 Å². The number of nitrogens with two attached hydrogens (primary N) is 1. The molecule has 0 aliphatic rings. The quantitative estimate of drug-likeness (QED) is 0.700. The summed E-state index contributed by atoms with van der Waals surface area (Å²) < 4.78 is 5.29. The van der Waals surface area contributed by atoms with E-state index in [9.17, 15) is 0 Å². The SMILES string of the molecule is CCOc1ncnc(NCCc2ncc[nH]2)c1N. The molecule has 0 saturated carbocycles. The van der Waals surface area contributed by atoms with Gasteiger partial charge in [0.15, 0.2) is 5.82 Å². The largest absolute Gasteiger partial charge is 0.476 e. The molecule has 0 aromatic carbocycles. The van der Waals surface area contributed by atoms with E-state index in [1.165, 1.54) is 6.33 Å². The standard InChI is InChI=1S/C11H16N6O/c1-2-18-11-9(12)10(16-7-17-11)15-4-3-8-13-5-6-14-8/h5-7H,2-4,12H2,1H3,(H,13,14)(H,15,16,17). The van der Waals surface area contributed by atoms with Crippen molar-refractivity contribution in [2.75, 3.05) is 24.2 Å². The third kappa shape index (κ3) is 2.88. The maximum absolute atomic E-state index is 5.89. The van der Waals surface area contributed by atoms with E-state index in [0.717, 1.165) is 12.2 Å². The summed E-state index contributed by atoms with van der Waals surface area (Å²) in [4.78, 5) is 15.2. The highest BCUT2D eigenvalue weighted by Gasteiger charge is 2.08. The number of nitrogen functional groups attached to an aromatic ring is 1. The molecule has 7 heteroatoms. The summed E-state index contributed by atoms with van der Waals surface area (Å²) in [5.41, 5.74) is 6.32. The Balaban J connectivity index is 1.94. The summed E-state index contributed by atoms with van der Waals surface area (Å²) in [7, 11) is 0. The van der Waals surface area contributed by atoms with E-state index in [2.05, 4.69) is 25.3 Å². The number of nitrogens with zero attached hydrogens (tertiary/aromatic N) is 3. The van der Waals surface area contributed by atoms with Crippen molar-refractivity contribution in [1.82, 2.24) is 19.9 Å². The first-order valence-electron chi connectivity index (χ1n) is 5.76. The van der Waals surface area contributed by atoms with Crippen LogP contribution in [0.3, 0.4) is 0 Å². The predicted octanol–water partition coefficient (Wildman–Crippen LogP) is 0.835. The molecule has 0 amide bonds. The van der Waals surface area contributed by atoms with Crippen molar-refractivity contribution in [3.8, 4) is 5.88 Å². The monoisotopic (exact) mass is 248 g/mol. The van der Waals surface area contributed by atoms with Gasteiger partial charge in [-0.1, -0.05) is 0 Å². The van der Waals surface area contributed by atoms with Gasteiger partial charge in [-0.2, -0.15) is 4.98 Å². The maximum atomic E-state index is 5.89. The number of imidazole rings is 1. The molecule has 0 bridgehead atoms. The average Bonchev–Trinajstić information content (AvgIpc) is 2.87. The van der Waals surface area contributed by atoms with Gasteiger partial charge in [0.2, 0.25) is 5.88 Å². The van der Waals surface area contributed by atoms with E-state index in [0.29, 0.717) is 30.5 Å². The van der Waals surface area contributed by atoms with Crippen molar-refractivity contribution >= 4 is 11.5 Å². The Labute approximate surface area is 105 Å². The van der Waals surface area contributed by atoms with Crippen LogP contribution in [0.15, 0.2) is 18.7 Å². The van der Waals surface area contributed by atoms with E-state index in [1.54, 1.807) is 12.4 Å². The fourth-order valence-corrected chi connectivity index (χ4v) is 1.51. The highest BCUT2D eigenvalue weighted by molar-refractivity contribution is 5.66. The molecule has 2 rings (SSSR count). The van der Waals surface area contributed by atoms with E-state index in [1.807, 2.05) is 6.92 Å². The predicted molar refractivity (Wildman–Crippen MR) is 68.4 cm³/mol. The minimum atomic E-state index is 0.410. The van der Waals surface area contributed by atoms with E-state index >= 15 is 0 Å². The molecule has 0 aliphatic heterocycles. The molecule has 96 valence electrons. The number of ether oxygens (including phenoxy) is 1. The van der Waals surface area contributed by atoms with Crippen LogP contribution >= 0.6 is 0 Å². The molecule has 18 heavy (non-hydrogen) atoms. The maximum Gasteiger partial charge on any atom is 0.242 e. The number of nitrogens with one attached hydrogen (secondary N) is 2. The third-order valence-corrected chi connectivity index (χ3v) is 2.34. The highest BCUT2D eigenvalue weighted by Crippen LogP contribution is 2.24. The van der Waals surface area contributed by atoms with E-state index in [-0.39, 0.29) is 0 Å². The van der Waals surface area contributed by atoms with Gasteiger partial charge < -0.3 is 20.8 Å². The van der Waals surface area contributed by atoms with Crippen LogP contribution in [0, 0.1) is 0 Å². The Morgan fingerprint density at radius 1 is 1.39 bits per heavy atom. The molecule has 0 aliphatic carbocycles. The van der Waals surface area contributed by atoms with Gasteiger partial charge in [-0.05, 0) is 6.92 Å². The van der Waals surface area contributed by atoms with Gasteiger partial charge in [0, 0.05) is 25.4 Å². The molecular formula is C11H16N6O. The van der Waals surface area contributed by atoms with Crippen LogP contribution in [0.4, 0.5) is 11.5 Å². The van der Waals surface area contributed by atoms with Crippen LogP contribution in [0.25, 0.3) is 0 Å². The van der Waals surface area contributed by atoms with Gasteiger partial charge in [0.1, 0.15) is 17.8 Å². The Kier molecular flexibility index (Phi) is 3.95.